The van der Waals surface area contributed by atoms with Crippen molar-refractivity contribution in [3.63, 3.8) is 0 Å². The number of hydrogen-bond acceptors (Lipinski definition) is 1. The van der Waals surface area contributed by atoms with Crippen LogP contribution in [-0.4, -0.2) is 11.5 Å². The average molecular weight is 439 g/mol. The Hall–Kier alpha value is -1.04. The minimum Gasteiger partial charge on any atom is -0.354 e. The molecule has 3 aromatic rings. The number of H-pyrrole nitrogens is 1. The van der Waals surface area contributed by atoms with Crippen LogP contribution in [0.2, 0.25) is 5.02 Å². The van der Waals surface area contributed by atoms with E-state index in [9.17, 15) is 0 Å². The molecule has 4 heteroatoms. The van der Waals surface area contributed by atoms with Crippen LogP contribution in [0.4, 0.5) is 0 Å². The van der Waals surface area contributed by atoms with Crippen LogP contribution in [-0.2, 0) is 6.42 Å². The summed E-state index contributed by atoms with van der Waals surface area (Å²) in [6, 6.07) is 12.6. The van der Waals surface area contributed by atoms with Crippen LogP contribution in [0.3, 0.4) is 0 Å². The zero-order valence-corrected chi connectivity index (χ0v) is 16.0. The first-order chi connectivity index (χ1) is 11.1. The molecule has 0 amide bonds. The lowest BCUT2D eigenvalue weighted by Crippen LogP contribution is -1.99. The van der Waals surface area contributed by atoms with E-state index in [4.69, 9.17) is 17.3 Å². The van der Waals surface area contributed by atoms with Gasteiger partial charge in [0.1, 0.15) is 0 Å². The lowest BCUT2D eigenvalue weighted by molar-refractivity contribution is 0.748. The van der Waals surface area contributed by atoms with Gasteiger partial charge in [0.15, 0.2) is 0 Å². The van der Waals surface area contributed by atoms with Gasteiger partial charge in [0, 0.05) is 14.7 Å². The molecule has 23 heavy (non-hydrogen) atoms. The molecule has 0 spiro atoms. The maximum atomic E-state index is 6.53. The normalized spacial score (nSPS) is 11.3. The first-order valence-corrected chi connectivity index (χ1v) is 9.33. The number of nitrogens with two attached hydrogens (primary N) is 1. The molecule has 0 aliphatic rings. The van der Waals surface area contributed by atoms with Gasteiger partial charge in [-0.3, -0.25) is 0 Å². The number of fused-ring (bicyclic) bond motifs is 1. The second-order valence-corrected chi connectivity index (χ2v) is 7.50. The van der Waals surface area contributed by atoms with Gasteiger partial charge in [-0.05, 0) is 90.2 Å². The SMILES string of the molecule is Cc1ccc(Cl)c2c(CCCCN)c(-c3cccc(I)c3)[nH]c12. The molecule has 3 rings (SSSR count). The zero-order chi connectivity index (χ0) is 16.4. The number of benzene rings is 2. The Morgan fingerprint density at radius 3 is 2.74 bits per heavy atom. The van der Waals surface area contributed by atoms with Gasteiger partial charge in [0.25, 0.3) is 0 Å². The van der Waals surface area contributed by atoms with Gasteiger partial charge in [-0.25, -0.2) is 0 Å². The fraction of sp³-hybridized carbons (Fsp3) is 0.263. The maximum absolute atomic E-state index is 6.53. The molecule has 0 atom stereocenters. The molecule has 1 heterocycles. The highest BCUT2D eigenvalue weighted by Gasteiger charge is 2.16. The molecular formula is C19H20ClIN2. The Balaban J connectivity index is 2.21. The highest BCUT2D eigenvalue weighted by Crippen LogP contribution is 2.37. The summed E-state index contributed by atoms with van der Waals surface area (Å²) < 4.78 is 1.23. The third kappa shape index (κ3) is 3.42. The Kier molecular flexibility index (Phi) is 5.29. The average Bonchev–Trinajstić information content (AvgIpc) is 2.92. The zero-order valence-electron chi connectivity index (χ0n) is 13.1. The Labute approximate surface area is 155 Å². The minimum absolute atomic E-state index is 0.730. The Bertz CT molecular complexity index is 839. The van der Waals surface area contributed by atoms with Crippen LogP contribution in [0.15, 0.2) is 36.4 Å². The summed E-state index contributed by atoms with van der Waals surface area (Å²) in [5.74, 6) is 0. The van der Waals surface area contributed by atoms with E-state index in [1.807, 2.05) is 6.07 Å². The van der Waals surface area contributed by atoms with Crippen molar-refractivity contribution in [1.82, 2.24) is 4.98 Å². The number of aromatic nitrogens is 1. The van der Waals surface area contributed by atoms with Crippen molar-refractivity contribution in [2.24, 2.45) is 5.73 Å². The molecule has 0 aliphatic carbocycles. The monoisotopic (exact) mass is 438 g/mol. The van der Waals surface area contributed by atoms with Crippen molar-refractivity contribution < 1.29 is 0 Å². The molecule has 1 aromatic heterocycles. The second kappa shape index (κ2) is 7.24. The largest absolute Gasteiger partial charge is 0.354 e. The van der Waals surface area contributed by atoms with Crippen LogP contribution in [0.25, 0.3) is 22.2 Å². The van der Waals surface area contributed by atoms with Crippen LogP contribution < -0.4 is 5.73 Å². The quantitative estimate of drug-likeness (QED) is 0.390. The second-order valence-electron chi connectivity index (χ2n) is 5.85. The number of rotatable bonds is 5. The molecule has 0 fully saturated rings. The smallest absolute Gasteiger partial charge is 0.0506 e. The fourth-order valence-electron chi connectivity index (χ4n) is 3.05. The van der Waals surface area contributed by atoms with Crippen molar-refractivity contribution in [2.45, 2.75) is 26.2 Å². The third-order valence-electron chi connectivity index (χ3n) is 4.21. The molecule has 0 bridgehead atoms. The van der Waals surface area contributed by atoms with E-state index in [2.05, 4.69) is 64.8 Å². The summed E-state index contributed by atoms with van der Waals surface area (Å²) in [5, 5.41) is 1.99. The molecule has 2 aromatic carbocycles. The van der Waals surface area contributed by atoms with Crippen LogP contribution >= 0.6 is 34.2 Å². The van der Waals surface area contributed by atoms with Gasteiger partial charge in [-0.1, -0.05) is 29.8 Å². The highest BCUT2D eigenvalue weighted by molar-refractivity contribution is 14.1. The topological polar surface area (TPSA) is 41.8 Å². The van der Waals surface area contributed by atoms with Crippen molar-refractivity contribution in [1.29, 1.82) is 0 Å². The van der Waals surface area contributed by atoms with Crippen molar-refractivity contribution in [3.8, 4) is 11.3 Å². The van der Waals surface area contributed by atoms with Crippen LogP contribution in [0.5, 0.6) is 0 Å². The molecule has 0 saturated heterocycles. The highest BCUT2D eigenvalue weighted by atomic mass is 127. The fourth-order valence-corrected chi connectivity index (χ4v) is 3.86. The van der Waals surface area contributed by atoms with Gasteiger partial charge in [0.05, 0.1) is 10.5 Å². The van der Waals surface area contributed by atoms with Gasteiger partial charge in [-0.15, -0.1) is 0 Å². The first kappa shape index (κ1) is 16.8. The molecule has 0 radical (unpaired) electrons. The van der Waals surface area contributed by atoms with E-state index in [1.54, 1.807) is 0 Å². The predicted octanol–water partition coefficient (Wildman–Crippen LogP) is 5.68. The van der Waals surface area contributed by atoms with E-state index in [0.717, 1.165) is 41.7 Å². The van der Waals surface area contributed by atoms with Gasteiger partial charge in [-0.2, -0.15) is 0 Å². The lowest BCUT2D eigenvalue weighted by atomic mass is 9.99. The Morgan fingerprint density at radius 2 is 2.00 bits per heavy atom. The summed E-state index contributed by atoms with van der Waals surface area (Å²) in [7, 11) is 0. The van der Waals surface area contributed by atoms with Crippen molar-refractivity contribution >= 4 is 45.1 Å². The minimum atomic E-state index is 0.730. The maximum Gasteiger partial charge on any atom is 0.0506 e. The molecule has 0 saturated carbocycles. The summed E-state index contributed by atoms with van der Waals surface area (Å²) >= 11 is 8.89. The van der Waals surface area contributed by atoms with E-state index >= 15 is 0 Å². The number of unbranched alkanes of at least 4 members (excludes halogenated alkanes) is 1. The van der Waals surface area contributed by atoms with Gasteiger partial charge in [0.2, 0.25) is 0 Å². The predicted molar refractivity (Wildman–Crippen MR) is 108 cm³/mol. The van der Waals surface area contributed by atoms with E-state index < -0.39 is 0 Å². The first-order valence-electron chi connectivity index (χ1n) is 7.87. The molecule has 120 valence electrons. The lowest BCUT2D eigenvalue weighted by Gasteiger charge is -2.06. The van der Waals surface area contributed by atoms with Crippen LogP contribution in [0, 0.1) is 10.5 Å². The molecule has 0 unspecified atom stereocenters. The number of aromatic amines is 1. The van der Waals surface area contributed by atoms with E-state index in [-0.39, 0.29) is 0 Å². The van der Waals surface area contributed by atoms with E-state index in [1.165, 1.54) is 26.0 Å². The number of halogens is 2. The number of aryl methyl sites for hydroxylation is 2. The summed E-state index contributed by atoms with van der Waals surface area (Å²) in [6.07, 6.45) is 3.09. The standard InChI is InChI=1S/C19H20ClIN2/c1-12-8-9-16(20)17-15(7-2-3-10-22)19(23-18(12)17)13-5-4-6-14(21)11-13/h4-6,8-9,11,23H,2-3,7,10,22H2,1H3. The Morgan fingerprint density at radius 1 is 1.17 bits per heavy atom. The van der Waals surface area contributed by atoms with Gasteiger partial charge >= 0.3 is 0 Å². The van der Waals surface area contributed by atoms with E-state index in [0.29, 0.717) is 0 Å². The number of hydrogen-bond donors (Lipinski definition) is 2. The van der Waals surface area contributed by atoms with Crippen molar-refractivity contribution in [3.05, 3.63) is 56.1 Å². The number of nitrogens with one attached hydrogen (secondary N) is 1. The summed E-state index contributed by atoms with van der Waals surface area (Å²) in [4.78, 5) is 3.62. The summed E-state index contributed by atoms with van der Waals surface area (Å²) in [6.45, 7) is 2.85. The van der Waals surface area contributed by atoms with Crippen molar-refractivity contribution in [2.75, 3.05) is 6.54 Å². The summed E-state index contributed by atoms with van der Waals surface area (Å²) in [5.41, 5.74) is 11.7. The molecule has 0 aliphatic heterocycles. The molecule has 3 N–H and O–H groups in total. The molecular weight excluding hydrogens is 419 g/mol. The van der Waals surface area contributed by atoms with Crippen LogP contribution in [0.1, 0.15) is 24.0 Å². The third-order valence-corrected chi connectivity index (χ3v) is 5.20. The molecule has 2 nitrogen and oxygen atoms in total. The van der Waals surface area contributed by atoms with Gasteiger partial charge < -0.3 is 10.7 Å².